The Morgan fingerprint density at radius 1 is 1.00 bits per heavy atom. The molecule has 0 saturated heterocycles. The second kappa shape index (κ2) is 4.60. The van der Waals surface area contributed by atoms with Crippen molar-refractivity contribution in [3.8, 4) is 5.75 Å². The Balaban J connectivity index is 1.72. The predicted molar refractivity (Wildman–Crippen MR) is 101 cm³/mol. The Labute approximate surface area is 146 Å². The minimum Gasteiger partial charge on any atom is -0.459 e. The molecule has 0 N–H and O–H groups in total. The van der Waals surface area contributed by atoms with Gasteiger partial charge in [0.1, 0.15) is 5.69 Å². The first-order chi connectivity index (χ1) is 12.0. The second-order valence-electron chi connectivity index (χ2n) is 7.25. The van der Waals surface area contributed by atoms with E-state index >= 15 is 0 Å². The van der Waals surface area contributed by atoms with Gasteiger partial charge in [-0.05, 0) is 43.7 Å². The highest BCUT2D eigenvalue weighted by Gasteiger charge is 2.58. The van der Waals surface area contributed by atoms with Gasteiger partial charge in [-0.15, -0.1) is 0 Å². The first kappa shape index (κ1) is 14.5. The molecule has 0 saturated carbocycles. The number of fused-ring (bicyclic) bond motifs is 4. The van der Waals surface area contributed by atoms with Gasteiger partial charge in [0.2, 0.25) is 5.72 Å². The molecule has 4 heteroatoms. The van der Waals surface area contributed by atoms with Crippen LogP contribution < -0.4 is 9.64 Å². The zero-order valence-corrected chi connectivity index (χ0v) is 14.5. The fourth-order valence-electron chi connectivity index (χ4n) is 4.19. The molecule has 1 atom stereocenters. The summed E-state index contributed by atoms with van der Waals surface area (Å²) in [6.45, 7) is 4.43. The third-order valence-corrected chi connectivity index (χ3v) is 5.68. The maximum atomic E-state index is 6.64. The molecule has 2 aliphatic rings. The van der Waals surface area contributed by atoms with Crippen molar-refractivity contribution >= 4 is 28.5 Å². The Bertz CT molecular complexity index is 1040. The van der Waals surface area contributed by atoms with Crippen molar-refractivity contribution < 1.29 is 4.74 Å². The largest absolute Gasteiger partial charge is 0.459 e. The average molecular weight is 329 g/mol. The van der Waals surface area contributed by atoms with Gasteiger partial charge in [-0.3, -0.25) is 4.98 Å². The smallest absolute Gasteiger partial charge is 0.228 e. The first-order valence-corrected chi connectivity index (χ1v) is 8.50. The van der Waals surface area contributed by atoms with Gasteiger partial charge in [0, 0.05) is 24.3 Å². The number of nitrogens with zero attached hydrogens (tertiary/aromatic N) is 3. The normalized spacial score (nSPS) is 22.8. The molecule has 3 heterocycles. The molecule has 0 bridgehead atoms. The summed E-state index contributed by atoms with van der Waals surface area (Å²) in [6, 6.07) is 16.5. The van der Waals surface area contributed by atoms with E-state index in [-0.39, 0.29) is 5.41 Å². The Kier molecular flexibility index (Phi) is 2.66. The van der Waals surface area contributed by atoms with Crippen LogP contribution in [0.5, 0.6) is 5.75 Å². The van der Waals surface area contributed by atoms with Gasteiger partial charge < -0.3 is 9.64 Å². The number of aromatic nitrogens is 1. The summed E-state index contributed by atoms with van der Waals surface area (Å²) in [5.41, 5.74) is 3.25. The highest BCUT2D eigenvalue weighted by molar-refractivity contribution is 5.97. The van der Waals surface area contributed by atoms with E-state index in [1.165, 1.54) is 11.3 Å². The summed E-state index contributed by atoms with van der Waals surface area (Å²) in [5.74, 6) is 0.779. The third-order valence-electron chi connectivity index (χ3n) is 5.68. The van der Waals surface area contributed by atoms with Gasteiger partial charge in [-0.1, -0.05) is 24.3 Å². The highest BCUT2D eigenvalue weighted by atomic mass is 16.5. The summed E-state index contributed by atoms with van der Waals surface area (Å²) in [5, 5.41) is 1.07. The first-order valence-electron chi connectivity index (χ1n) is 8.50. The van der Waals surface area contributed by atoms with Crippen molar-refractivity contribution in [1.82, 2.24) is 4.98 Å². The average Bonchev–Trinajstić information content (AvgIpc) is 2.81. The summed E-state index contributed by atoms with van der Waals surface area (Å²) in [6.07, 6.45) is 3.74. The van der Waals surface area contributed by atoms with Crippen LogP contribution in [0.25, 0.3) is 10.9 Å². The lowest BCUT2D eigenvalue weighted by atomic mass is 9.77. The summed E-state index contributed by atoms with van der Waals surface area (Å²) < 4.78 is 6.64. The van der Waals surface area contributed by atoms with E-state index in [9.17, 15) is 0 Å². The molecule has 124 valence electrons. The van der Waals surface area contributed by atoms with Crippen LogP contribution in [0.15, 0.2) is 59.7 Å². The van der Waals surface area contributed by atoms with Crippen molar-refractivity contribution in [2.75, 3.05) is 11.9 Å². The molecule has 0 amide bonds. The molecule has 2 aromatic carbocycles. The van der Waals surface area contributed by atoms with E-state index in [2.05, 4.69) is 55.0 Å². The molecule has 1 spiro atoms. The molecule has 0 fully saturated rings. The van der Waals surface area contributed by atoms with Crippen molar-refractivity contribution in [2.45, 2.75) is 25.0 Å². The van der Waals surface area contributed by atoms with Crippen molar-refractivity contribution in [3.05, 3.63) is 60.3 Å². The lowest BCUT2D eigenvalue weighted by molar-refractivity contribution is 0.0826. The molecule has 1 aromatic heterocycles. The van der Waals surface area contributed by atoms with Crippen LogP contribution in [-0.4, -0.2) is 24.0 Å². The molecular formula is C21H19N3O. The van der Waals surface area contributed by atoms with Crippen LogP contribution in [0.3, 0.4) is 0 Å². The lowest BCUT2D eigenvalue weighted by Gasteiger charge is -2.44. The number of aliphatic imine (C=N–C) groups is 1. The predicted octanol–water partition coefficient (Wildman–Crippen LogP) is 4.45. The summed E-state index contributed by atoms with van der Waals surface area (Å²) in [7, 11) is 2.07. The number of anilines is 1. The fourth-order valence-corrected chi connectivity index (χ4v) is 4.19. The lowest BCUT2D eigenvalue weighted by Crippen LogP contribution is -2.61. The van der Waals surface area contributed by atoms with Crippen LogP contribution in [0.2, 0.25) is 0 Å². The quantitative estimate of drug-likeness (QED) is 0.611. The maximum absolute atomic E-state index is 6.64. The SMILES string of the molecule is CN1c2ccccc2C(C)(C)C12C=Nc1c(ccc3cccnc13)O2. The third kappa shape index (κ3) is 1.66. The number of para-hydroxylation sites is 1. The van der Waals surface area contributed by atoms with E-state index in [0.717, 1.165) is 22.3 Å². The van der Waals surface area contributed by atoms with Crippen molar-refractivity contribution in [1.29, 1.82) is 0 Å². The zero-order chi connectivity index (χ0) is 17.2. The summed E-state index contributed by atoms with van der Waals surface area (Å²) >= 11 is 0. The van der Waals surface area contributed by atoms with Gasteiger partial charge >= 0.3 is 0 Å². The second-order valence-corrected chi connectivity index (χ2v) is 7.25. The van der Waals surface area contributed by atoms with Crippen LogP contribution in [-0.2, 0) is 5.41 Å². The molecule has 2 aliphatic heterocycles. The molecule has 0 aliphatic carbocycles. The standard InChI is InChI=1S/C21H19N3O/c1-20(2)15-8-4-5-9-16(15)24(3)21(20)13-23-19-17(25-21)11-10-14-7-6-12-22-18(14)19/h4-13H,1-3H3. The maximum Gasteiger partial charge on any atom is 0.228 e. The molecule has 1 unspecified atom stereocenters. The van der Waals surface area contributed by atoms with Gasteiger partial charge in [0.15, 0.2) is 5.75 Å². The van der Waals surface area contributed by atoms with Gasteiger partial charge in [0.05, 0.1) is 17.1 Å². The molecular weight excluding hydrogens is 310 g/mol. The van der Waals surface area contributed by atoms with Crippen LogP contribution in [0, 0.1) is 0 Å². The number of benzene rings is 2. The van der Waals surface area contributed by atoms with E-state index in [0.29, 0.717) is 0 Å². The number of hydrogen-bond donors (Lipinski definition) is 0. The molecule has 3 aromatic rings. The highest BCUT2D eigenvalue weighted by Crippen LogP contribution is 2.53. The zero-order valence-electron chi connectivity index (χ0n) is 14.5. The van der Waals surface area contributed by atoms with Crippen molar-refractivity contribution in [2.24, 2.45) is 4.99 Å². The van der Waals surface area contributed by atoms with Crippen LogP contribution >= 0.6 is 0 Å². The molecule has 5 rings (SSSR count). The van der Waals surface area contributed by atoms with Crippen LogP contribution in [0.1, 0.15) is 19.4 Å². The van der Waals surface area contributed by atoms with E-state index in [1.54, 1.807) is 6.20 Å². The van der Waals surface area contributed by atoms with Gasteiger partial charge in [-0.2, -0.15) is 0 Å². The van der Waals surface area contributed by atoms with Crippen LogP contribution in [0.4, 0.5) is 11.4 Å². The number of hydrogen-bond acceptors (Lipinski definition) is 4. The Hall–Kier alpha value is -2.88. The van der Waals surface area contributed by atoms with Gasteiger partial charge in [0.25, 0.3) is 0 Å². The monoisotopic (exact) mass is 329 g/mol. The number of pyridine rings is 1. The molecule has 0 radical (unpaired) electrons. The minimum absolute atomic E-state index is 0.237. The van der Waals surface area contributed by atoms with Gasteiger partial charge in [-0.25, -0.2) is 4.99 Å². The van der Waals surface area contributed by atoms with Crippen molar-refractivity contribution in [3.63, 3.8) is 0 Å². The van der Waals surface area contributed by atoms with E-state index < -0.39 is 5.72 Å². The number of ether oxygens (including phenoxy) is 1. The minimum atomic E-state index is -0.647. The Morgan fingerprint density at radius 3 is 2.68 bits per heavy atom. The summed E-state index contributed by atoms with van der Waals surface area (Å²) in [4.78, 5) is 11.5. The Morgan fingerprint density at radius 2 is 1.84 bits per heavy atom. The van der Waals surface area contributed by atoms with E-state index in [1.807, 2.05) is 30.5 Å². The molecule has 25 heavy (non-hydrogen) atoms. The van der Waals surface area contributed by atoms with E-state index in [4.69, 9.17) is 9.73 Å². The number of rotatable bonds is 0. The molecule has 4 nitrogen and oxygen atoms in total. The fraction of sp³-hybridized carbons (Fsp3) is 0.238. The topological polar surface area (TPSA) is 37.7 Å². The number of likely N-dealkylation sites (N-methyl/N-ethyl adjacent to an activating group) is 1.